The van der Waals surface area contributed by atoms with Crippen LogP contribution in [0.3, 0.4) is 0 Å². The molecule has 2 atom stereocenters. The first-order chi connectivity index (χ1) is 9.04. The Morgan fingerprint density at radius 3 is 2.79 bits per heavy atom. The quantitative estimate of drug-likeness (QED) is 0.613. The molecule has 0 aliphatic carbocycles. The molecule has 1 N–H and O–H groups in total. The zero-order valence-corrected chi connectivity index (χ0v) is 11.7. The van der Waals surface area contributed by atoms with Crippen LogP contribution >= 0.6 is 0 Å². The highest BCUT2D eigenvalue weighted by molar-refractivity contribution is 5.87. The zero-order chi connectivity index (χ0) is 14.3. The highest BCUT2D eigenvalue weighted by atomic mass is 16.4. The normalized spacial score (nSPS) is 22.0. The fraction of sp³-hybridized carbons (Fsp3) is 0.600. The standard InChI is InChI=1S/C15H23NO3/c1-3-4-5-8-14(17)16-9-6-7-13(11-16)12(2)10-15(18)19/h3-5,8,12-13H,6-7,9-11H2,1-2H3,(H,18,19). The van der Waals surface area contributed by atoms with Gasteiger partial charge in [-0.05, 0) is 31.6 Å². The number of piperidine rings is 1. The third-order valence-electron chi connectivity index (χ3n) is 3.61. The lowest BCUT2D eigenvalue weighted by atomic mass is 9.84. The van der Waals surface area contributed by atoms with E-state index in [1.54, 1.807) is 12.2 Å². The minimum atomic E-state index is -0.760. The van der Waals surface area contributed by atoms with Gasteiger partial charge in [0.2, 0.25) is 5.91 Å². The predicted molar refractivity (Wildman–Crippen MR) is 74.7 cm³/mol. The van der Waals surface area contributed by atoms with Gasteiger partial charge in [0, 0.05) is 25.6 Å². The van der Waals surface area contributed by atoms with Crippen LogP contribution in [0.25, 0.3) is 0 Å². The van der Waals surface area contributed by atoms with E-state index in [0.717, 1.165) is 19.4 Å². The second-order valence-electron chi connectivity index (χ2n) is 5.15. The number of amides is 1. The smallest absolute Gasteiger partial charge is 0.303 e. The highest BCUT2D eigenvalue weighted by Gasteiger charge is 2.27. The number of hydrogen-bond donors (Lipinski definition) is 1. The van der Waals surface area contributed by atoms with Gasteiger partial charge in [-0.1, -0.05) is 25.2 Å². The molecule has 0 spiro atoms. The number of carbonyl (C=O) groups excluding carboxylic acids is 1. The Balaban J connectivity index is 2.54. The monoisotopic (exact) mass is 265 g/mol. The molecule has 4 heteroatoms. The molecule has 1 heterocycles. The molecule has 1 amide bonds. The summed E-state index contributed by atoms with van der Waals surface area (Å²) in [6, 6.07) is 0. The summed E-state index contributed by atoms with van der Waals surface area (Å²) in [7, 11) is 0. The minimum Gasteiger partial charge on any atom is -0.481 e. The van der Waals surface area contributed by atoms with Crippen molar-refractivity contribution in [3.63, 3.8) is 0 Å². The predicted octanol–water partition coefficient (Wildman–Crippen LogP) is 2.47. The van der Waals surface area contributed by atoms with Crippen molar-refractivity contribution in [2.24, 2.45) is 11.8 Å². The summed E-state index contributed by atoms with van der Waals surface area (Å²) < 4.78 is 0. The summed E-state index contributed by atoms with van der Waals surface area (Å²) in [4.78, 5) is 24.5. The maximum atomic E-state index is 12.0. The lowest BCUT2D eigenvalue weighted by molar-refractivity contribution is -0.138. The van der Waals surface area contributed by atoms with Gasteiger partial charge in [0.15, 0.2) is 0 Å². The molecule has 0 aromatic heterocycles. The number of carboxylic acids is 1. The van der Waals surface area contributed by atoms with Gasteiger partial charge < -0.3 is 10.0 Å². The summed E-state index contributed by atoms with van der Waals surface area (Å²) >= 11 is 0. The molecular weight excluding hydrogens is 242 g/mol. The summed E-state index contributed by atoms with van der Waals surface area (Å²) in [5.74, 6) is -0.328. The van der Waals surface area contributed by atoms with Crippen LogP contribution in [0.4, 0.5) is 0 Å². The molecule has 19 heavy (non-hydrogen) atoms. The van der Waals surface area contributed by atoms with Crippen LogP contribution in [0, 0.1) is 11.8 Å². The van der Waals surface area contributed by atoms with Crippen LogP contribution in [0.5, 0.6) is 0 Å². The van der Waals surface area contributed by atoms with Crippen LogP contribution in [0.15, 0.2) is 24.3 Å². The number of allylic oxidation sites excluding steroid dienone is 3. The molecule has 0 aromatic rings. The molecule has 0 radical (unpaired) electrons. The molecule has 1 fully saturated rings. The number of likely N-dealkylation sites (tertiary alicyclic amines) is 1. The largest absolute Gasteiger partial charge is 0.481 e. The van der Waals surface area contributed by atoms with Crippen LogP contribution < -0.4 is 0 Å². The van der Waals surface area contributed by atoms with E-state index in [2.05, 4.69) is 0 Å². The van der Waals surface area contributed by atoms with E-state index in [-0.39, 0.29) is 18.2 Å². The Kier molecular flexibility index (Phi) is 6.33. The summed E-state index contributed by atoms with van der Waals surface area (Å²) in [5, 5.41) is 8.83. The van der Waals surface area contributed by atoms with Gasteiger partial charge in [-0.25, -0.2) is 0 Å². The second-order valence-corrected chi connectivity index (χ2v) is 5.15. The lowest BCUT2D eigenvalue weighted by Gasteiger charge is -2.35. The molecule has 0 saturated carbocycles. The van der Waals surface area contributed by atoms with Crippen LogP contribution in [-0.4, -0.2) is 35.0 Å². The molecule has 0 aromatic carbocycles. The van der Waals surface area contributed by atoms with E-state index in [0.29, 0.717) is 12.5 Å². The summed E-state index contributed by atoms with van der Waals surface area (Å²) in [6.45, 7) is 5.31. The van der Waals surface area contributed by atoms with Gasteiger partial charge >= 0.3 is 5.97 Å². The molecule has 1 aliphatic heterocycles. The summed E-state index contributed by atoms with van der Waals surface area (Å²) in [5.41, 5.74) is 0. The second kappa shape index (κ2) is 7.77. The Bertz CT molecular complexity index is 374. The third-order valence-corrected chi connectivity index (χ3v) is 3.61. The van der Waals surface area contributed by atoms with Crippen molar-refractivity contribution in [3.05, 3.63) is 24.3 Å². The van der Waals surface area contributed by atoms with E-state index in [9.17, 15) is 9.59 Å². The third kappa shape index (κ3) is 5.28. The molecule has 2 unspecified atom stereocenters. The van der Waals surface area contributed by atoms with E-state index in [1.165, 1.54) is 0 Å². The van der Waals surface area contributed by atoms with E-state index < -0.39 is 5.97 Å². The average molecular weight is 265 g/mol. The highest BCUT2D eigenvalue weighted by Crippen LogP contribution is 2.26. The van der Waals surface area contributed by atoms with Gasteiger partial charge in [0.05, 0.1) is 0 Å². The average Bonchev–Trinajstić information content (AvgIpc) is 2.38. The fourth-order valence-corrected chi connectivity index (χ4v) is 2.47. The lowest BCUT2D eigenvalue weighted by Crippen LogP contribution is -2.41. The van der Waals surface area contributed by atoms with Crippen molar-refractivity contribution in [3.8, 4) is 0 Å². The van der Waals surface area contributed by atoms with Crippen molar-refractivity contribution in [1.82, 2.24) is 4.90 Å². The number of nitrogens with zero attached hydrogens (tertiary/aromatic N) is 1. The fourth-order valence-electron chi connectivity index (χ4n) is 2.47. The Labute approximate surface area is 114 Å². The van der Waals surface area contributed by atoms with Gasteiger partial charge in [-0.15, -0.1) is 0 Å². The number of aliphatic carboxylic acids is 1. The molecule has 1 aliphatic rings. The molecule has 106 valence electrons. The Morgan fingerprint density at radius 1 is 1.42 bits per heavy atom. The first kappa shape index (κ1) is 15.5. The number of carbonyl (C=O) groups is 2. The minimum absolute atomic E-state index is 0.0188. The summed E-state index contributed by atoms with van der Waals surface area (Å²) in [6.07, 6.45) is 9.16. The van der Waals surface area contributed by atoms with Crippen LogP contribution in [0.2, 0.25) is 0 Å². The van der Waals surface area contributed by atoms with Gasteiger partial charge in [-0.3, -0.25) is 9.59 Å². The van der Waals surface area contributed by atoms with Gasteiger partial charge in [-0.2, -0.15) is 0 Å². The van der Waals surface area contributed by atoms with Crippen molar-refractivity contribution in [2.45, 2.75) is 33.1 Å². The van der Waals surface area contributed by atoms with E-state index in [4.69, 9.17) is 5.11 Å². The maximum absolute atomic E-state index is 12.0. The first-order valence-electron chi connectivity index (χ1n) is 6.84. The molecule has 1 saturated heterocycles. The van der Waals surface area contributed by atoms with E-state index in [1.807, 2.05) is 30.9 Å². The van der Waals surface area contributed by atoms with Gasteiger partial charge in [0.25, 0.3) is 0 Å². The SMILES string of the molecule is CC=CC=CC(=O)N1CCCC(C(C)CC(=O)O)C1. The first-order valence-corrected chi connectivity index (χ1v) is 6.84. The number of rotatable bonds is 5. The molecule has 1 rings (SSSR count). The van der Waals surface area contributed by atoms with Crippen molar-refractivity contribution >= 4 is 11.9 Å². The van der Waals surface area contributed by atoms with E-state index >= 15 is 0 Å². The topological polar surface area (TPSA) is 57.6 Å². The van der Waals surface area contributed by atoms with Crippen molar-refractivity contribution in [2.75, 3.05) is 13.1 Å². The number of hydrogen-bond acceptors (Lipinski definition) is 2. The number of carboxylic acid groups (broad SMARTS) is 1. The molecular formula is C15H23NO3. The van der Waals surface area contributed by atoms with Gasteiger partial charge in [0.1, 0.15) is 0 Å². The molecule has 0 bridgehead atoms. The van der Waals surface area contributed by atoms with Crippen LogP contribution in [0.1, 0.15) is 33.1 Å². The Hall–Kier alpha value is -1.58. The maximum Gasteiger partial charge on any atom is 0.303 e. The Morgan fingerprint density at radius 2 is 2.16 bits per heavy atom. The van der Waals surface area contributed by atoms with Crippen molar-refractivity contribution in [1.29, 1.82) is 0 Å². The van der Waals surface area contributed by atoms with Crippen LogP contribution in [-0.2, 0) is 9.59 Å². The van der Waals surface area contributed by atoms with Crippen molar-refractivity contribution < 1.29 is 14.7 Å². The molecule has 4 nitrogen and oxygen atoms in total. The zero-order valence-electron chi connectivity index (χ0n) is 11.7.